The molecule has 0 bridgehead atoms. The molecule has 0 spiro atoms. The number of fused-ring (bicyclic) bond motifs is 1. The maximum absolute atomic E-state index is 5.46. The van der Waals surface area contributed by atoms with E-state index in [1.165, 1.54) is 5.56 Å². The Balaban J connectivity index is 1.33. The number of H-pyrrole nitrogens is 1. The zero-order valence-electron chi connectivity index (χ0n) is 19.6. The summed E-state index contributed by atoms with van der Waals surface area (Å²) >= 11 is 0. The van der Waals surface area contributed by atoms with E-state index in [4.69, 9.17) is 14.7 Å². The van der Waals surface area contributed by atoms with Crippen molar-refractivity contribution in [1.29, 1.82) is 0 Å². The lowest BCUT2D eigenvalue weighted by molar-refractivity contribution is 0.0342. The molecule has 1 aromatic carbocycles. The highest BCUT2D eigenvalue weighted by Crippen LogP contribution is 2.30. The molecule has 0 saturated carbocycles. The van der Waals surface area contributed by atoms with Crippen LogP contribution in [0, 0.1) is 6.92 Å². The van der Waals surface area contributed by atoms with Crippen molar-refractivity contribution in [3.8, 4) is 33.9 Å². The van der Waals surface area contributed by atoms with Crippen LogP contribution in [0.25, 0.3) is 44.9 Å². The zero-order chi connectivity index (χ0) is 23.6. The Hall–Kier alpha value is -3.94. The van der Waals surface area contributed by atoms with Gasteiger partial charge in [0.25, 0.3) is 0 Å². The van der Waals surface area contributed by atoms with Gasteiger partial charge in [0, 0.05) is 60.4 Å². The van der Waals surface area contributed by atoms with Gasteiger partial charge in [0.2, 0.25) is 0 Å². The summed E-state index contributed by atoms with van der Waals surface area (Å²) in [6.45, 7) is 6.52. The summed E-state index contributed by atoms with van der Waals surface area (Å²) in [5.74, 6) is 0.594. The first-order valence-electron chi connectivity index (χ1n) is 11.9. The molecule has 1 saturated heterocycles. The minimum atomic E-state index is 0.594. The van der Waals surface area contributed by atoms with Gasteiger partial charge >= 0.3 is 0 Å². The first kappa shape index (κ1) is 21.6. The second-order valence-electron chi connectivity index (χ2n) is 8.85. The average Bonchev–Trinajstić information content (AvgIpc) is 3.38. The fourth-order valence-corrected chi connectivity index (χ4v) is 4.49. The Labute approximate surface area is 203 Å². The first-order chi connectivity index (χ1) is 17.2. The quantitative estimate of drug-likeness (QED) is 0.401. The molecular formula is C28H26N6O. The van der Waals surface area contributed by atoms with Crippen molar-refractivity contribution in [2.24, 2.45) is 0 Å². The van der Waals surface area contributed by atoms with E-state index in [9.17, 15) is 0 Å². The van der Waals surface area contributed by atoms with E-state index in [0.717, 1.165) is 77.7 Å². The van der Waals surface area contributed by atoms with Crippen LogP contribution in [0.3, 0.4) is 0 Å². The fourth-order valence-electron chi connectivity index (χ4n) is 4.49. The van der Waals surface area contributed by atoms with Gasteiger partial charge in [-0.15, -0.1) is 0 Å². The molecule has 4 aromatic heterocycles. The van der Waals surface area contributed by atoms with Crippen LogP contribution in [0.5, 0.6) is 0 Å². The van der Waals surface area contributed by atoms with E-state index < -0.39 is 0 Å². The van der Waals surface area contributed by atoms with Crippen molar-refractivity contribution in [3.05, 3.63) is 84.4 Å². The number of pyridine rings is 2. The van der Waals surface area contributed by atoms with Crippen LogP contribution < -0.4 is 0 Å². The molecule has 0 atom stereocenters. The summed E-state index contributed by atoms with van der Waals surface area (Å²) in [6, 6.07) is 18.8. The topological polar surface area (TPSA) is 79.8 Å². The Morgan fingerprint density at radius 2 is 1.71 bits per heavy atom. The SMILES string of the molecule is Cc1cccc(-c2nc(-c3cncc(-c4ccc(CN5CCOCC5)cc4)c3)c3cc[nH]c3n2)n1. The standard InChI is InChI=1S/C28H26N6O/c1-19-3-2-4-25(31-19)28-32-26(24-9-10-30-27(24)33-28)23-15-22(16-29-17-23)21-7-5-20(6-8-21)18-34-11-13-35-14-12-34/h2-10,15-17H,11-14,18H2,1H3,(H,30,32,33). The van der Waals surface area contributed by atoms with Crippen molar-refractivity contribution in [3.63, 3.8) is 0 Å². The van der Waals surface area contributed by atoms with Crippen LogP contribution in [0.4, 0.5) is 0 Å². The summed E-state index contributed by atoms with van der Waals surface area (Å²) < 4.78 is 5.46. The maximum atomic E-state index is 5.46. The van der Waals surface area contributed by atoms with E-state index in [-0.39, 0.29) is 0 Å². The number of aromatic amines is 1. The van der Waals surface area contributed by atoms with Gasteiger partial charge < -0.3 is 9.72 Å². The molecule has 6 rings (SSSR count). The van der Waals surface area contributed by atoms with E-state index in [2.05, 4.69) is 50.2 Å². The van der Waals surface area contributed by atoms with Crippen molar-refractivity contribution < 1.29 is 4.74 Å². The van der Waals surface area contributed by atoms with Crippen molar-refractivity contribution in [2.45, 2.75) is 13.5 Å². The normalized spacial score (nSPS) is 14.4. The number of hydrogen-bond donors (Lipinski definition) is 1. The van der Waals surface area contributed by atoms with Gasteiger partial charge in [0.1, 0.15) is 11.3 Å². The number of aromatic nitrogens is 5. The van der Waals surface area contributed by atoms with Crippen molar-refractivity contribution in [2.75, 3.05) is 26.3 Å². The smallest absolute Gasteiger partial charge is 0.180 e. The lowest BCUT2D eigenvalue weighted by Crippen LogP contribution is -2.35. The minimum Gasteiger partial charge on any atom is -0.379 e. The van der Waals surface area contributed by atoms with Gasteiger partial charge in [-0.1, -0.05) is 30.3 Å². The molecule has 0 unspecified atom stereocenters. The molecular weight excluding hydrogens is 436 g/mol. The van der Waals surface area contributed by atoms with Crippen LogP contribution >= 0.6 is 0 Å². The molecule has 174 valence electrons. The van der Waals surface area contributed by atoms with E-state index in [1.54, 1.807) is 0 Å². The number of morpholine rings is 1. The molecule has 1 N–H and O–H groups in total. The number of benzene rings is 1. The highest BCUT2D eigenvalue weighted by molar-refractivity contribution is 5.92. The third kappa shape index (κ3) is 4.56. The van der Waals surface area contributed by atoms with Crippen LogP contribution in [0.1, 0.15) is 11.3 Å². The average molecular weight is 463 g/mol. The Kier molecular flexibility index (Phi) is 5.78. The van der Waals surface area contributed by atoms with Gasteiger partial charge in [-0.05, 0) is 42.3 Å². The molecule has 0 radical (unpaired) electrons. The molecule has 1 aliphatic rings. The Bertz CT molecular complexity index is 1470. The van der Waals surface area contributed by atoms with Crippen molar-refractivity contribution in [1.82, 2.24) is 29.8 Å². The fraction of sp³-hybridized carbons (Fsp3) is 0.214. The molecule has 1 aliphatic heterocycles. The monoisotopic (exact) mass is 462 g/mol. The second kappa shape index (κ2) is 9.37. The first-order valence-corrected chi connectivity index (χ1v) is 11.9. The van der Waals surface area contributed by atoms with Gasteiger partial charge in [0.05, 0.1) is 18.9 Å². The number of nitrogens with one attached hydrogen (secondary N) is 1. The number of hydrogen-bond acceptors (Lipinski definition) is 6. The summed E-state index contributed by atoms with van der Waals surface area (Å²) in [7, 11) is 0. The van der Waals surface area contributed by atoms with Gasteiger partial charge in [-0.25, -0.2) is 15.0 Å². The third-order valence-corrected chi connectivity index (χ3v) is 6.34. The highest BCUT2D eigenvalue weighted by Gasteiger charge is 2.15. The van der Waals surface area contributed by atoms with Crippen LogP contribution in [0.2, 0.25) is 0 Å². The van der Waals surface area contributed by atoms with Crippen LogP contribution in [-0.4, -0.2) is 56.1 Å². The summed E-state index contributed by atoms with van der Waals surface area (Å²) in [5.41, 5.74) is 7.74. The van der Waals surface area contributed by atoms with Crippen molar-refractivity contribution >= 4 is 11.0 Å². The predicted molar refractivity (Wildman–Crippen MR) is 137 cm³/mol. The number of nitrogens with zero attached hydrogens (tertiary/aromatic N) is 5. The predicted octanol–water partition coefficient (Wildman–Crippen LogP) is 4.89. The van der Waals surface area contributed by atoms with E-state index >= 15 is 0 Å². The third-order valence-electron chi connectivity index (χ3n) is 6.34. The van der Waals surface area contributed by atoms with E-state index in [0.29, 0.717) is 5.82 Å². The number of rotatable bonds is 5. The molecule has 0 amide bonds. The van der Waals surface area contributed by atoms with Crippen LogP contribution in [-0.2, 0) is 11.3 Å². The summed E-state index contributed by atoms with van der Waals surface area (Å²) in [5, 5.41) is 0.959. The molecule has 5 heterocycles. The van der Waals surface area contributed by atoms with E-state index in [1.807, 2.05) is 49.8 Å². The number of ether oxygens (including phenoxy) is 1. The molecule has 1 fully saturated rings. The summed E-state index contributed by atoms with van der Waals surface area (Å²) in [4.78, 5) is 24.5. The minimum absolute atomic E-state index is 0.594. The zero-order valence-corrected chi connectivity index (χ0v) is 19.6. The van der Waals surface area contributed by atoms with Gasteiger partial charge in [-0.2, -0.15) is 0 Å². The second-order valence-corrected chi connectivity index (χ2v) is 8.85. The molecule has 5 aromatic rings. The molecule has 35 heavy (non-hydrogen) atoms. The lowest BCUT2D eigenvalue weighted by Gasteiger charge is -2.26. The van der Waals surface area contributed by atoms with Crippen LogP contribution in [0.15, 0.2) is 73.2 Å². The molecule has 7 heteroatoms. The molecule has 0 aliphatic carbocycles. The number of aryl methyl sites for hydroxylation is 1. The van der Waals surface area contributed by atoms with Gasteiger partial charge in [0.15, 0.2) is 5.82 Å². The largest absolute Gasteiger partial charge is 0.379 e. The molecule has 7 nitrogen and oxygen atoms in total. The highest BCUT2D eigenvalue weighted by atomic mass is 16.5. The lowest BCUT2D eigenvalue weighted by atomic mass is 10.0. The summed E-state index contributed by atoms with van der Waals surface area (Å²) in [6.07, 6.45) is 5.65. The van der Waals surface area contributed by atoms with Gasteiger partial charge in [-0.3, -0.25) is 9.88 Å². The maximum Gasteiger partial charge on any atom is 0.180 e. The Morgan fingerprint density at radius 1 is 0.886 bits per heavy atom. The Morgan fingerprint density at radius 3 is 2.54 bits per heavy atom.